The lowest BCUT2D eigenvalue weighted by Crippen LogP contribution is -2.35. The minimum absolute atomic E-state index is 0.0371. The summed E-state index contributed by atoms with van der Waals surface area (Å²) in [7, 11) is 4.00. The minimum atomic E-state index is -0.285. The van der Waals surface area contributed by atoms with Crippen LogP contribution in [0.4, 0.5) is 0 Å². The van der Waals surface area contributed by atoms with Gasteiger partial charge in [0.05, 0.1) is 30.5 Å². The van der Waals surface area contributed by atoms with E-state index in [-0.39, 0.29) is 24.3 Å². The van der Waals surface area contributed by atoms with Gasteiger partial charge >= 0.3 is 5.97 Å². The Kier molecular flexibility index (Phi) is 8.77. The third-order valence-electron chi connectivity index (χ3n) is 3.79. The number of nitrogens with one attached hydrogen (secondary N) is 1. The van der Waals surface area contributed by atoms with E-state index >= 15 is 0 Å². The molecule has 1 aromatic heterocycles. The highest BCUT2D eigenvalue weighted by Crippen LogP contribution is 2.23. The molecule has 0 aliphatic heterocycles. The van der Waals surface area contributed by atoms with E-state index in [1.54, 1.807) is 6.92 Å². The van der Waals surface area contributed by atoms with Gasteiger partial charge in [0.1, 0.15) is 0 Å². The number of ether oxygens (including phenoxy) is 1. The summed E-state index contributed by atoms with van der Waals surface area (Å²) in [5.41, 5.74) is 1.84. The predicted molar refractivity (Wildman–Crippen MR) is 109 cm³/mol. The third-order valence-corrected chi connectivity index (χ3v) is 5.86. The Morgan fingerprint density at radius 3 is 2.70 bits per heavy atom. The van der Waals surface area contributed by atoms with Crippen molar-refractivity contribution in [1.29, 1.82) is 0 Å². The van der Waals surface area contributed by atoms with Gasteiger partial charge in [0.2, 0.25) is 5.91 Å². The molecule has 0 saturated heterocycles. The Hall–Kier alpha value is -1.90. The highest BCUT2D eigenvalue weighted by Gasteiger charge is 2.15. The zero-order valence-corrected chi connectivity index (χ0v) is 17.4. The van der Waals surface area contributed by atoms with Gasteiger partial charge in [-0.2, -0.15) is 0 Å². The molecule has 2 aromatic rings. The minimum Gasteiger partial charge on any atom is -0.466 e. The zero-order valence-electron chi connectivity index (χ0n) is 15.8. The summed E-state index contributed by atoms with van der Waals surface area (Å²) in [5, 5.41) is 4.82. The molecule has 1 aromatic carbocycles. The van der Waals surface area contributed by atoms with Crippen molar-refractivity contribution in [3.05, 3.63) is 47.0 Å². The quantitative estimate of drug-likeness (QED) is 0.482. The number of esters is 1. The van der Waals surface area contributed by atoms with Gasteiger partial charge in [-0.3, -0.25) is 9.59 Å². The van der Waals surface area contributed by atoms with Crippen LogP contribution in [0.25, 0.3) is 0 Å². The smallest absolute Gasteiger partial charge is 0.311 e. The topological polar surface area (TPSA) is 71.5 Å². The first-order valence-corrected chi connectivity index (χ1v) is 10.6. The maximum absolute atomic E-state index is 12.2. The average Bonchev–Trinajstić information content (AvgIpc) is 3.08. The fraction of sp³-hybridized carbons (Fsp3) is 0.421. The Labute approximate surface area is 168 Å². The summed E-state index contributed by atoms with van der Waals surface area (Å²) in [4.78, 5) is 30.1. The van der Waals surface area contributed by atoms with Crippen LogP contribution in [0, 0.1) is 0 Å². The molecule has 6 nitrogen and oxygen atoms in total. The van der Waals surface area contributed by atoms with Gasteiger partial charge in [0.25, 0.3) is 0 Å². The second-order valence-electron chi connectivity index (χ2n) is 6.07. The lowest BCUT2D eigenvalue weighted by Gasteiger charge is -2.25. The lowest BCUT2D eigenvalue weighted by atomic mass is 10.1. The van der Waals surface area contributed by atoms with Gasteiger partial charge in [0, 0.05) is 11.9 Å². The number of thiazole rings is 1. The number of rotatable bonds is 10. The number of aromatic nitrogens is 1. The van der Waals surface area contributed by atoms with Crippen molar-refractivity contribution < 1.29 is 14.3 Å². The second-order valence-corrected chi connectivity index (χ2v) is 8.15. The summed E-state index contributed by atoms with van der Waals surface area (Å²) in [6.45, 7) is 2.68. The van der Waals surface area contributed by atoms with Crippen LogP contribution in [0.2, 0.25) is 0 Å². The molecule has 0 aliphatic rings. The van der Waals surface area contributed by atoms with Gasteiger partial charge in [-0.25, -0.2) is 4.98 Å². The number of hydrogen-bond donors (Lipinski definition) is 1. The van der Waals surface area contributed by atoms with E-state index in [0.29, 0.717) is 24.6 Å². The molecule has 0 radical (unpaired) electrons. The largest absolute Gasteiger partial charge is 0.466 e. The van der Waals surface area contributed by atoms with Crippen LogP contribution in [-0.2, 0) is 20.7 Å². The van der Waals surface area contributed by atoms with Crippen molar-refractivity contribution in [3.63, 3.8) is 0 Å². The van der Waals surface area contributed by atoms with E-state index in [1.165, 1.54) is 28.7 Å². The normalized spacial score (nSPS) is 12.0. The molecule has 0 aliphatic carbocycles. The average molecular weight is 408 g/mol. The summed E-state index contributed by atoms with van der Waals surface area (Å²) >= 11 is 2.81. The molecule has 1 heterocycles. The van der Waals surface area contributed by atoms with E-state index in [0.717, 1.165) is 4.34 Å². The molecule has 146 valence electrons. The Morgan fingerprint density at radius 2 is 2.04 bits per heavy atom. The molecule has 0 spiro atoms. The Morgan fingerprint density at radius 1 is 1.30 bits per heavy atom. The van der Waals surface area contributed by atoms with E-state index < -0.39 is 0 Å². The second kappa shape index (κ2) is 11.1. The molecule has 0 fully saturated rings. The maximum atomic E-state index is 12.2. The monoisotopic (exact) mass is 407 g/mol. The number of carbonyl (C=O) groups is 2. The molecule has 27 heavy (non-hydrogen) atoms. The Bertz CT molecular complexity index is 735. The van der Waals surface area contributed by atoms with Crippen molar-refractivity contribution in [2.45, 2.75) is 23.7 Å². The number of carbonyl (C=O) groups excluding carboxylic acids is 2. The summed E-state index contributed by atoms with van der Waals surface area (Å²) in [6.07, 6.45) is 0.165. The van der Waals surface area contributed by atoms with Crippen LogP contribution in [0.3, 0.4) is 0 Å². The molecule has 1 N–H and O–H groups in total. The number of benzene rings is 1. The van der Waals surface area contributed by atoms with Crippen molar-refractivity contribution in [1.82, 2.24) is 15.2 Å². The van der Waals surface area contributed by atoms with Gasteiger partial charge in [-0.15, -0.1) is 11.3 Å². The Balaban J connectivity index is 1.79. The highest BCUT2D eigenvalue weighted by atomic mass is 32.2. The predicted octanol–water partition coefficient (Wildman–Crippen LogP) is 2.76. The van der Waals surface area contributed by atoms with Crippen molar-refractivity contribution in [2.24, 2.45) is 0 Å². The molecule has 8 heteroatoms. The fourth-order valence-electron chi connectivity index (χ4n) is 2.46. The van der Waals surface area contributed by atoms with Crippen LogP contribution < -0.4 is 5.32 Å². The highest BCUT2D eigenvalue weighted by molar-refractivity contribution is 8.01. The summed E-state index contributed by atoms with van der Waals surface area (Å²) < 4.78 is 5.69. The van der Waals surface area contributed by atoms with Crippen LogP contribution in [0.5, 0.6) is 0 Å². The first-order valence-electron chi connectivity index (χ1n) is 8.70. The SMILES string of the molecule is CCOC(=O)Cc1csc(SCC(=O)NC[C@@H](c2ccccc2)N(C)C)n1. The number of thioether (sulfide) groups is 1. The van der Waals surface area contributed by atoms with Crippen LogP contribution in [0.1, 0.15) is 24.2 Å². The molecule has 1 amide bonds. The van der Waals surface area contributed by atoms with Crippen LogP contribution >= 0.6 is 23.1 Å². The maximum Gasteiger partial charge on any atom is 0.311 e. The van der Waals surface area contributed by atoms with Crippen molar-refractivity contribution >= 4 is 35.0 Å². The fourth-order valence-corrected chi connectivity index (χ4v) is 4.13. The molecule has 0 bridgehead atoms. The molecular weight excluding hydrogens is 382 g/mol. The molecule has 2 rings (SSSR count). The van der Waals surface area contributed by atoms with Crippen molar-refractivity contribution in [2.75, 3.05) is 33.0 Å². The van der Waals surface area contributed by atoms with Crippen molar-refractivity contribution in [3.8, 4) is 0 Å². The standard InChI is InChI=1S/C19H25N3O3S2/c1-4-25-18(24)10-15-12-26-19(21-15)27-13-17(23)20-11-16(22(2)3)14-8-6-5-7-9-14/h5-9,12,16H,4,10-11,13H2,1-3H3,(H,20,23)/t16-/m0/s1. The summed E-state index contributed by atoms with van der Waals surface area (Å²) in [6, 6.07) is 10.2. The zero-order chi connectivity index (χ0) is 19.6. The van der Waals surface area contributed by atoms with E-state index in [4.69, 9.17) is 4.74 Å². The number of amides is 1. The van der Waals surface area contributed by atoms with Crippen LogP contribution in [0.15, 0.2) is 40.1 Å². The lowest BCUT2D eigenvalue weighted by molar-refractivity contribution is -0.142. The molecule has 1 atom stereocenters. The molecular formula is C19H25N3O3S2. The number of nitrogens with zero attached hydrogens (tertiary/aromatic N) is 2. The van der Waals surface area contributed by atoms with Gasteiger partial charge in [-0.1, -0.05) is 42.1 Å². The number of likely N-dealkylation sites (N-methyl/N-ethyl adjacent to an activating group) is 1. The van der Waals surface area contributed by atoms with E-state index in [1.807, 2.05) is 37.7 Å². The first kappa shape index (κ1) is 21.4. The molecule has 0 unspecified atom stereocenters. The van der Waals surface area contributed by atoms with Crippen LogP contribution in [-0.4, -0.2) is 54.8 Å². The third kappa shape index (κ3) is 7.32. The molecule has 0 saturated carbocycles. The number of hydrogen-bond acceptors (Lipinski definition) is 7. The van der Waals surface area contributed by atoms with Gasteiger partial charge in [0.15, 0.2) is 4.34 Å². The first-order chi connectivity index (χ1) is 13.0. The summed E-state index contributed by atoms with van der Waals surface area (Å²) in [5.74, 6) is -0.0287. The van der Waals surface area contributed by atoms with E-state index in [9.17, 15) is 9.59 Å². The van der Waals surface area contributed by atoms with Gasteiger partial charge in [-0.05, 0) is 26.6 Å². The van der Waals surface area contributed by atoms with E-state index in [2.05, 4.69) is 27.3 Å². The van der Waals surface area contributed by atoms with Gasteiger partial charge < -0.3 is 15.0 Å².